The third-order valence-electron chi connectivity index (χ3n) is 5.41. The molecule has 0 aromatic carbocycles. The minimum Gasteiger partial charge on any atom is -0.393 e. The van der Waals surface area contributed by atoms with E-state index in [0.29, 0.717) is 0 Å². The van der Waals surface area contributed by atoms with Crippen molar-refractivity contribution in [2.45, 2.75) is 45.6 Å². The molecule has 2 aliphatic heterocycles. The number of hydrogen-bond acceptors (Lipinski definition) is 7. The number of hydrogen-bond donors (Lipinski definition) is 2. The molecule has 2 saturated heterocycles. The van der Waals surface area contributed by atoms with Crippen LogP contribution in [0.15, 0.2) is 4.99 Å². The van der Waals surface area contributed by atoms with Gasteiger partial charge in [-0.2, -0.15) is 4.37 Å². The van der Waals surface area contributed by atoms with Crippen molar-refractivity contribution in [1.82, 2.24) is 24.5 Å². The van der Waals surface area contributed by atoms with Crippen LogP contribution in [-0.4, -0.2) is 95.2 Å². The molecule has 0 unspecified atom stereocenters. The SMILES string of the molecule is CCNC(=NCCCN1CCC(O)CC1)N1CCN(c2nc(CC)ns2)CC1. The highest BCUT2D eigenvalue weighted by Crippen LogP contribution is 2.19. The molecule has 0 bridgehead atoms. The number of piperazine rings is 1. The first kappa shape index (κ1) is 21.3. The molecule has 28 heavy (non-hydrogen) atoms. The van der Waals surface area contributed by atoms with E-state index < -0.39 is 0 Å². The van der Waals surface area contributed by atoms with Gasteiger partial charge in [-0.25, -0.2) is 4.98 Å². The molecule has 0 amide bonds. The lowest BCUT2D eigenvalue weighted by molar-refractivity contribution is 0.0824. The fourth-order valence-electron chi connectivity index (χ4n) is 3.67. The largest absolute Gasteiger partial charge is 0.393 e. The Hall–Kier alpha value is -1.45. The van der Waals surface area contributed by atoms with Gasteiger partial charge in [-0.3, -0.25) is 4.99 Å². The highest BCUT2D eigenvalue weighted by Gasteiger charge is 2.22. The number of nitrogens with zero attached hydrogens (tertiary/aromatic N) is 6. The van der Waals surface area contributed by atoms with Crippen LogP contribution in [0.2, 0.25) is 0 Å². The van der Waals surface area contributed by atoms with Gasteiger partial charge >= 0.3 is 0 Å². The van der Waals surface area contributed by atoms with Crippen LogP contribution in [-0.2, 0) is 6.42 Å². The summed E-state index contributed by atoms with van der Waals surface area (Å²) >= 11 is 1.51. The van der Waals surface area contributed by atoms with Crippen molar-refractivity contribution in [2.24, 2.45) is 4.99 Å². The van der Waals surface area contributed by atoms with Crippen molar-refractivity contribution in [1.29, 1.82) is 0 Å². The van der Waals surface area contributed by atoms with Gasteiger partial charge in [0.15, 0.2) is 5.96 Å². The number of aliphatic hydroxyl groups is 1. The fraction of sp³-hybridized carbons (Fsp3) is 0.842. The summed E-state index contributed by atoms with van der Waals surface area (Å²) in [5, 5.41) is 14.1. The summed E-state index contributed by atoms with van der Waals surface area (Å²) in [4.78, 5) is 16.6. The van der Waals surface area contributed by atoms with Crippen molar-refractivity contribution in [2.75, 3.05) is 63.8 Å². The number of guanidine groups is 1. The van der Waals surface area contributed by atoms with Gasteiger partial charge in [0.05, 0.1) is 6.10 Å². The summed E-state index contributed by atoms with van der Waals surface area (Å²) < 4.78 is 4.41. The Kier molecular flexibility index (Phi) is 8.29. The average molecular weight is 410 g/mol. The van der Waals surface area contributed by atoms with Crippen molar-refractivity contribution in [3.05, 3.63) is 5.82 Å². The Morgan fingerprint density at radius 3 is 2.57 bits per heavy atom. The van der Waals surface area contributed by atoms with Crippen molar-refractivity contribution < 1.29 is 5.11 Å². The number of nitrogens with one attached hydrogen (secondary N) is 1. The van der Waals surface area contributed by atoms with E-state index in [1.54, 1.807) is 0 Å². The maximum absolute atomic E-state index is 9.61. The molecule has 8 nitrogen and oxygen atoms in total. The molecule has 158 valence electrons. The number of aryl methyl sites for hydroxylation is 1. The van der Waals surface area contributed by atoms with E-state index in [1.165, 1.54) is 11.5 Å². The summed E-state index contributed by atoms with van der Waals surface area (Å²) in [6.45, 7) is 12.9. The highest BCUT2D eigenvalue weighted by atomic mass is 32.1. The van der Waals surface area contributed by atoms with Crippen LogP contribution < -0.4 is 10.2 Å². The molecule has 0 radical (unpaired) electrons. The normalized spacial score (nSPS) is 20.0. The Labute approximate surface area is 172 Å². The highest BCUT2D eigenvalue weighted by molar-refractivity contribution is 7.09. The minimum atomic E-state index is -0.0954. The third kappa shape index (κ3) is 6.02. The Morgan fingerprint density at radius 2 is 1.93 bits per heavy atom. The van der Waals surface area contributed by atoms with E-state index in [2.05, 4.69) is 43.2 Å². The van der Waals surface area contributed by atoms with Crippen LogP contribution in [0, 0.1) is 0 Å². The second kappa shape index (κ2) is 10.9. The predicted octanol–water partition coefficient (Wildman–Crippen LogP) is 1.03. The summed E-state index contributed by atoms with van der Waals surface area (Å²) in [7, 11) is 0. The van der Waals surface area contributed by atoms with E-state index in [9.17, 15) is 5.11 Å². The van der Waals surface area contributed by atoms with E-state index in [1.807, 2.05) is 0 Å². The van der Waals surface area contributed by atoms with Crippen LogP contribution in [0.3, 0.4) is 0 Å². The average Bonchev–Trinajstić information content (AvgIpc) is 3.21. The van der Waals surface area contributed by atoms with Crippen LogP contribution in [0.4, 0.5) is 5.13 Å². The molecule has 0 spiro atoms. The number of piperidine rings is 1. The smallest absolute Gasteiger partial charge is 0.205 e. The number of likely N-dealkylation sites (tertiary alicyclic amines) is 1. The minimum absolute atomic E-state index is 0.0954. The predicted molar refractivity (Wildman–Crippen MR) is 115 cm³/mol. The van der Waals surface area contributed by atoms with Gasteiger partial charge in [0.25, 0.3) is 0 Å². The van der Waals surface area contributed by atoms with E-state index in [-0.39, 0.29) is 6.10 Å². The Bertz CT molecular complexity index is 607. The van der Waals surface area contributed by atoms with Crippen molar-refractivity contribution in [3.63, 3.8) is 0 Å². The first-order chi connectivity index (χ1) is 13.7. The zero-order valence-corrected chi connectivity index (χ0v) is 18.1. The molecule has 1 aromatic heterocycles. The van der Waals surface area contributed by atoms with Crippen molar-refractivity contribution >= 4 is 22.6 Å². The molecule has 9 heteroatoms. The number of aromatic nitrogens is 2. The lowest BCUT2D eigenvalue weighted by atomic mass is 10.1. The number of aliphatic hydroxyl groups excluding tert-OH is 1. The lowest BCUT2D eigenvalue weighted by Gasteiger charge is -2.36. The zero-order chi connectivity index (χ0) is 19.8. The molecular formula is C19H35N7OS. The fourth-order valence-corrected chi connectivity index (χ4v) is 4.48. The van der Waals surface area contributed by atoms with E-state index >= 15 is 0 Å². The number of aliphatic imine (C=N–C) groups is 1. The molecule has 3 rings (SSSR count). The van der Waals surface area contributed by atoms with Crippen LogP contribution in [0.25, 0.3) is 0 Å². The number of rotatable bonds is 7. The third-order valence-corrected chi connectivity index (χ3v) is 6.22. The summed E-state index contributed by atoms with van der Waals surface area (Å²) in [5.41, 5.74) is 0. The van der Waals surface area contributed by atoms with Crippen LogP contribution in [0.5, 0.6) is 0 Å². The summed E-state index contributed by atoms with van der Waals surface area (Å²) in [5.74, 6) is 1.98. The first-order valence-corrected chi connectivity index (χ1v) is 11.5. The quantitative estimate of drug-likeness (QED) is 0.396. The molecule has 2 aliphatic rings. The molecule has 2 N–H and O–H groups in total. The second-order valence-corrected chi connectivity index (χ2v) is 8.21. The molecule has 3 heterocycles. The monoisotopic (exact) mass is 409 g/mol. The molecule has 0 atom stereocenters. The summed E-state index contributed by atoms with van der Waals surface area (Å²) in [6.07, 6.45) is 3.68. The maximum atomic E-state index is 9.61. The van der Waals surface area contributed by atoms with E-state index in [4.69, 9.17) is 4.99 Å². The van der Waals surface area contributed by atoms with Crippen molar-refractivity contribution in [3.8, 4) is 0 Å². The van der Waals surface area contributed by atoms with Gasteiger partial charge in [-0.15, -0.1) is 0 Å². The van der Waals surface area contributed by atoms with Gasteiger partial charge in [-0.05, 0) is 32.7 Å². The zero-order valence-electron chi connectivity index (χ0n) is 17.3. The van der Waals surface area contributed by atoms with Gasteiger partial charge in [0, 0.05) is 70.3 Å². The molecule has 0 aliphatic carbocycles. The maximum Gasteiger partial charge on any atom is 0.205 e. The Balaban J connectivity index is 1.43. The lowest BCUT2D eigenvalue weighted by Crippen LogP contribution is -2.52. The number of anilines is 1. The standard InChI is InChI=1S/C19H35N7OS/c1-3-17-22-19(28-23-17)26-14-12-25(13-15-26)18(20-4-2)21-8-5-9-24-10-6-16(27)7-11-24/h16,27H,3-15H2,1-2H3,(H,20,21). The first-order valence-electron chi connectivity index (χ1n) is 10.7. The van der Waals surface area contributed by atoms with Gasteiger partial charge in [0.1, 0.15) is 5.82 Å². The van der Waals surface area contributed by atoms with Crippen LogP contribution in [0.1, 0.15) is 38.9 Å². The van der Waals surface area contributed by atoms with Gasteiger partial charge in [0.2, 0.25) is 5.13 Å². The van der Waals surface area contributed by atoms with E-state index in [0.717, 1.165) is 102 Å². The van der Waals surface area contributed by atoms with Gasteiger partial charge in [-0.1, -0.05) is 6.92 Å². The molecule has 0 saturated carbocycles. The molecular weight excluding hydrogens is 374 g/mol. The molecule has 1 aromatic rings. The second-order valence-electron chi connectivity index (χ2n) is 7.48. The summed E-state index contributed by atoms with van der Waals surface area (Å²) in [6, 6.07) is 0. The van der Waals surface area contributed by atoms with Gasteiger partial charge < -0.3 is 25.1 Å². The van der Waals surface area contributed by atoms with Crippen LogP contribution >= 0.6 is 11.5 Å². The Morgan fingerprint density at radius 1 is 1.18 bits per heavy atom. The topological polar surface area (TPSA) is 80.1 Å². The molecule has 2 fully saturated rings.